The number of benzene rings is 2. The number of anilines is 1. The van der Waals surface area contributed by atoms with Gasteiger partial charge >= 0.3 is 12.1 Å². The van der Waals surface area contributed by atoms with Gasteiger partial charge in [-0.2, -0.15) is 0 Å². The molecule has 140 valence electrons. The van der Waals surface area contributed by atoms with Crippen molar-refractivity contribution in [3.8, 4) is 0 Å². The molecular formula is C21H22N2O4. The van der Waals surface area contributed by atoms with E-state index in [0.29, 0.717) is 16.8 Å². The van der Waals surface area contributed by atoms with E-state index in [1.165, 1.54) is 0 Å². The third-order valence-corrected chi connectivity index (χ3v) is 4.33. The van der Waals surface area contributed by atoms with Crippen LogP contribution in [0.4, 0.5) is 10.5 Å². The van der Waals surface area contributed by atoms with Gasteiger partial charge in [-0.05, 0) is 30.2 Å². The number of ether oxygens (including phenoxy) is 2. The highest BCUT2D eigenvalue weighted by Crippen LogP contribution is 2.32. The molecule has 0 saturated carbocycles. The van der Waals surface area contributed by atoms with Gasteiger partial charge in [0.15, 0.2) is 6.10 Å². The highest BCUT2D eigenvalue weighted by atomic mass is 16.6. The Morgan fingerprint density at radius 1 is 1.11 bits per heavy atom. The van der Waals surface area contributed by atoms with Crippen LogP contribution in [0.15, 0.2) is 65.9 Å². The molecular weight excluding hydrogens is 344 g/mol. The Morgan fingerprint density at radius 3 is 2.41 bits per heavy atom. The fourth-order valence-electron chi connectivity index (χ4n) is 2.86. The molecule has 1 aliphatic rings. The van der Waals surface area contributed by atoms with Crippen LogP contribution in [0.5, 0.6) is 0 Å². The van der Waals surface area contributed by atoms with Crippen LogP contribution in [-0.4, -0.2) is 26.2 Å². The number of alkyl carbamates (subject to hydrolysis) is 1. The quantitative estimate of drug-likeness (QED) is 0.820. The molecule has 0 aliphatic carbocycles. The fraction of sp³-hybridized carbons (Fsp3) is 0.238. The third kappa shape index (κ3) is 4.28. The van der Waals surface area contributed by atoms with Crippen LogP contribution in [0.25, 0.3) is 0 Å². The molecule has 0 fully saturated rings. The van der Waals surface area contributed by atoms with Gasteiger partial charge in [0.1, 0.15) is 12.2 Å². The first-order valence-electron chi connectivity index (χ1n) is 8.62. The van der Waals surface area contributed by atoms with Crippen LogP contribution in [0.3, 0.4) is 0 Å². The van der Waals surface area contributed by atoms with Crippen LogP contribution >= 0.6 is 0 Å². The lowest BCUT2D eigenvalue weighted by Crippen LogP contribution is -2.35. The second-order valence-electron chi connectivity index (χ2n) is 6.50. The molecule has 0 bridgehead atoms. The van der Waals surface area contributed by atoms with Crippen molar-refractivity contribution in [2.24, 2.45) is 0 Å². The maximum atomic E-state index is 12.7. The Balaban J connectivity index is 1.84. The van der Waals surface area contributed by atoms with E-state index in [0.717, 1.165) is 11.3 Å². The summed E-state index contributed by atoms with van der Waals surface area (Å²) in [5.74, 6) is -0.516. The molecule has 0 saturated heterocycles. The molecule has 1 unspecified atom stereocenters. The van der Waals surface area contributed by atoms with E-state index >= 15 is 0 Å². The number of hydrogen-bond acceptors (Lipinski definition) is 5. The van der Waals surface area contributed by atoms with E-state index in [1.807, 2.05) is 73.6 Å². The lowest BCUT2D eigenvalue weighted by molar-refractivity contribution is -0.141. The SMILES string of the molecule is CC1=C(C(=O)OCc2ccccc2)C(c2ccc(N(C)C)cc2)OC(=O)N1. The molecule has 2 aromatic rings. The van der Waals surface area contributed by atoms with Gasteiger partial charge in [-0.15, -0.1) is 0 Å². The zero-order valence-corrected chi connectivity index (χ0v) is 15.6. The predicted octanol–water partition coefficient (Wildman–Crippen LogP) is 3.55. The molecule has 1 aliphatic heterocycles. The van der Waals surface area contributed by atoms with E-state index in [4.69, 9.17) is 9.47 Å². The van der Waals surface area contributed by atoms with Crippen molar-refractivity contribution >= 4 is 17.7 Å². The lowest BCUT2D eigenvalue weighted by atomic mass is 9.98. The second kappa shape index (κ2) is 7.95. The molecule has 1 amide bonds. The van der Waals surface area contributed by atoms with Gasteiger partial charge in [-0.1, -0.05) is 42.5 Å². The average molecular weight is 366 g/mol. The molecule has 6 heteroatoms. The van der Waals surface area contributed by atoms with E-state index in [1.54, 1.807) is 6.92 Å². The molecule has 0 radical (unpaired) electrons. The van der Waals surface area contributed by atoms with Crippen LogP contribution < -0.4 is 10.2 Å². The largest absolute Gasteiger partial charge is 0.457 e. The fourth-order valence-corrected chi connectivity index (χ4v) is 2.86. The number of amides is 1. The summed E-state index contributed by atoms with van der Waals surface area (Å²) < 4.78 is 10.9. The standard InChI is InChI=1S/C21H22N2O4/c1-14-18(20(24)26-13-15-7-5-4-6-8-15)19(27-21(25)22-14)16-9-11-17(12-10-16)23(2)3/h4-12,19H,13H2,1-3H3,(H,22,25). The summed E-state index contributed by atoms with van der Waals surface area (Å²) in [4.78, 5) is 26.5. The highest BCUT2D eigenvalue weighted by molar-refractivity contribution is 5.93. The minimum atomic E-state index is -0.807. The molecule has 0 aromatic heterocycles. The number of carbonyl (C=O) groups is 2. The molecule has 3 rings (SSSR count). The molecule has 1 atom stereocenters. The molecule has 1 heterocycles. The minimum Gasteiger partial charge on any atom is -0.457 e. The van der Waals surface area contributed by atoms with Gasteiger partial charge in [0.05, 0.1) is 0 Å². The number of nitrogens with zero attached hydrogens (tertiary/aromatic N) is 1. The third-order valence-electron chi connectivity index (χ3n) is 4.33. The zero-order chi connectivity index (χ0) is 19.4. The number of carbonyl (C=O) groups excluding carboxylic acids is 2. The number of cyclic esters (lactones) is 1. The van der Waals surface area contributed by atoms with Crippen molar-refractivity contribution in [3.05, 3.63) is 77.0 Å². The normalized spacial score (nSPS) is 16.4. The van der Waals surface area contributed by atoms with Crippen molar-refractivity contribution in [3.63, 3.8) is 0 Å². The maximum absolute atomic E-state index is 12.7. The smallest absolute Gasteiger partial charge is 0.412 e. The zero-order valence-electron chi connectivity index (χ0n) is 15.6. The highest BCUT2D eigenvalue weighted by Gasteiger charge is 2.34. The maximum Gasteiger partial charge on any atom is 0.412 e. The summed E-state index contributed by atoms with van der Waals surface area (Å²) in [6.07, 6.45) is -1.40. The van der Waals surface area contributed by atoms with Crippen LogP contribution in [0, 0.1) is 0 Å². The number of allylic oxidation sites excluding steroid dienone is 1. The number of rotatable bonds is 5. The van der Waals surface area contributed by atoms with Gasteiger partial charge in [-0.3, -0.25) is 5.32 Å². The molecule has 0 spiro atoms. The summed E-state index contributed by atoms with van der Waals surface area (Å²) >= 11 is 0. The Hall–Kier alpha value is -3.28. The van der Waals surface area contributed by atoms with Gasteiger partial charge in [0.25, 0.3) is 0 Å². The first-order valence-corrected chi connectivity index (χ1v) is 8.62. The molecule has 6 nitrogen and oxygen atoms in total. The lowest BCUT2D eigenvalue weighted by Gasteiger charge is -2.27. The Bertz CT molecular complexity index is 858. The molecule has 27 heavy (non-hydrogen) atoms. The molecule has 2 aromatic carbocycles. The summed E-state index contributed by atoms with van der Waals surface area (Å²) in [5, 5.41) is 2.55. The summed E-state index contributed by atoms with van der Waals surface area (Å²) in [6.45, 7) is 1.82. The Labute approximate surface area is 158 Å². The van der Waals surface area contributed by atoms with Crippen LogP contribution in [0.1, 0.15) is 24.2 Å². The topological polar surface area (TPSA) is 67.9 Å². The second-order valence-corrected chi connectivity index (χ2v) is 6.50. The Morgan fingerprint density at radius 2 is 1.78 bits per heavy atom. The van der Waals surface area contributed by atoms with Crippen molar-refractivity contribution in [2.75, 3.05) is 19.0 Å². The number of esters is 1. The predicted molar refractivity (Wildman–Crippen MR) is 102 cm³/mol. The first kappa shape index (κ1) is 18.5. The van der Waals surface area contributed by atoms with Gasteiger partial charge in [0.2, 0.25) is 0 Å². The van der Waals surface area contributed by atoms with E-state index in [-0.39, 0.29) is 6.61 Å². The van der Waals surface area contributed by atoms with Crippen molar-refractivity contribution in [1.82, 2.24) is 5.32 Å². The minimum absolute atomic E-state index is 0.149. The van der Waals surface area contributed by atoms with E-state index in [2.05, 4.69) is 5.32 Å². The van der Waals surface area contributed by atoms with Gasteiger partial charge < -0.3 is 14.4 Å². The monoisotopic (exact) mass is 366 g/mol. The average Bonchev–Trinajstić information content (AvgIpc) is 2.66. The molecule has 1 N–H and O–H groups in total. The van der Waals surface area contributed by atoms with Gasteiger partial charge in [0, 0.05) is 25.5 Å². The number of nitrogens with one attached hydrogen (secondary N) is 1. The van der Waals surface area contributed by atoms with E-state index in [9.17, 15) is 9.59 Å². The summed E-state index contributed by atoms with van der Waals surface area (Å²) in [7, 11) is 3.88. The van der Waals surface area contributed by atoms with Gasteiger partial charge in [-0.25, -0.2) is 9.59 Å². The van der Waals surface area contributed by atoms with Crippen molar-refractivity contribution in [1.29, 1.82) is 0 Å². The number of hydrogen-bond donors (Lipinski definition) is 1. The van der Waals surface area contributed by atoms with Crippen molar-refractivity contribution in [2.45, 2.75) is 19.6 Å². The van der Waals surface area contributed by atoms with Crippen LogP contribution in [0.2, 0.25) is 0 Å². The van der Waals surface area contributed by atoms with Crippen LogP contribution in [-0.2, 0) is 20.9 Å². The van der Waals surface area contributed by atoms with E-state index < -0.39 is 18.2 Å². The Kier molecular flexibility index (Phi) is 5.45. The summed E-state index contributed by atoms with van der Waals surface area (Å²) in [6, 6.07) is 16.9. The first-order chi connectivity index (χ1) is 13.0. The summed E-state index contributed by atoms with van der Waals surface area (Å²) in [5.41, 5.74) is 3.33. The van der Waals surface area contributed by atoms with Crippen molar-refractivity contribution < 1.29 is 19.1 Å².